The Hall–Kier alpha value is -4.18. The highest BCUT2D eigenvalue weighted by Crippen LogP contribution is 2.39. The van der Waals surface area contributed by atoms with Crippen molar-refractivity contribution in [3.63, 3.8) is 0 Å². The van der Waals surface area contributed by atoms with E-state index in [1.807, 2.05) is 42.5 Å². The third-order valence-electron chi connectivity index (χ3n) is 4.79. The molecule has 0 heterocycles. The number of rotatable bonds is 9. The number of benzene rings is 3. The average Bonchev–Trinajstić information content (AvgIpc) is 2.85. The number of nitriles is 1. The number of hydrogen-bond acceptors (Lipinski definition) is 6. The third kappa shape index (κ3) is 5.29. The number of carbonyl (C=O) groups is 1. The van der Waals surface area contributed by atoms with Gasteiger partial charge in [0.2, 0.25) is 5.75 Å². The van der Waals surface area contributed by atoms with Crippen molar-refractivity contribution in [2.75, 3.05) is 21.3 Å². The number of amides is 1. The molecule has 0 aromatic heterocycles. The van der Waals surface area contributed by atoms with Crippen LogP contribution in [0.15, 0.2) is 66.7 Å². The molecule has 1 unspecified atom stereocenters. The van der Waals surface area contributed by atoms with E-state index in [-0.39, 0.29) is 5.91 Å². The fraction of sp³-hybridized carbons (Fsp3) is 0.200. The monoisotopic (exact) mass is 432 g/mol. The first-order valence-corrected chi connectivity index (χ1v) is 9.86. The number of nitrogens with one attached hydrogen (secondary N) is 1. The molecule has 0 aliphatic carbocycles. The van der Waals surface area contributed by atoms with E-state index in [0.717, 1.165) is 11.3 Å². The second kappa shape index (κ2) is 10.7. The first-order valence-electron chi connectivity index (χ1n) is 9.86. The molecule has 1 N–H and O–H groups in total. The highest BCUT2D eigenvalue weighted by atomic mass is 16.5. The number of hydrogen-bond donors (Lipinski definition) is 1. The van der Waals surface area contributed by atoms with Crippen LogP contribution in [0.4, 0.5) is 0 Å². The Morgan fingerprint density at radius 2 is 1.56 bits per heavy atom. The van der Waals surface area contributed by atoms with Gasteiger partial charge in [0.1, 0.15) is 18.4 Å². The van der Waals surface area contributed by atoms with Crippen LogP contribution >= 0.6 is 0 Å². The SMILES string of the molecule is COc1cc(C(C#N)NC(=O)c2ccc(COc3ccccc3)cc2)cc(OC)c1OC. The lowest BCUT2D eigenvalue weighted by Gasteiger charge is -2.17. The van der Waals surface area contributed by atoms with Crippen LogP contribution in [-0.4, -0.2) is 27.2 Å². The minimum Gasteiger partial charge on any atom is -0.493 e. The molecule has 0 bridgehead atoms. The van der Waals surface area contributed by atoms with E-state index >= 15 is 0 Å². The van der Waals surface area contributed by atoms with Gasteiger partial charge in [0.05, 0.1) is 27.4 Å². The molecule has 1 atom stereocenters. The van der Waals surface area contributed by atoms with Crippen molar-refractivity contribution >= 4 is 5.91 Å². The lowest BCUT2D eigenvalue weighted by Crippen LogP contribution is -2.27. The Bertz CT molecular complexity index is 1070. The van der Waals surface area contributed by atoms with Crippen molar-refractivity contribution in [1.29, 1.82) is 5.26 Å². The maximum absolute atomic E-state index is 12.7. The highest BCUT2D eigenvalue weighted by molar-refractivity contribution is 5.94. The molecule has 0 radical (unpaired) electrons. The Morgan fingerprint density at radius 1 is 0.938 bits per heavy atom. The number of ether oxygens (including phenoxy) is 4. The summed E-state index contributed by atoms with van der Waals surface area (Å²) in [6.45, 7) is 0.387. The van der Waals surface area contributed by atoms with Crippen molar-refractivity contribution < 1.29 is 23.7 Å². The zero-order chi connectivity index (χ0) is 22.9. The molecule has 3 aromatic rings. The van der Waals surface area contributed by atoms with Gasteiger partial charge in [0.15, 0.2) is 11.5 Å². The normalized spacial score (nSPS) is 11.1. The molecule has 32 heavy (non-hydrogen) atoms. The van der Waals surface area contributed by atoms with Gasteiger partial charge in [0, 0.05) is 5.56 Å². The van der Waals surface area contributed by atoms with Crippen LogP contribution in [0.3, 0.4) is 0 Å². The summed E-state index contributed by atoms with van der Waals surface area (Å²) in [5.74, 6) is 1.62. The molecular formula is C25H24N2O5. The minimum absolute atomic E-state index is 0.374. The van der Waals surface area contributed by atoms with Gasteiger partial charge in [-0.15, -0.1) is 0 Å². The molecule has 0 aliphatic rings. The van der Waals surface area contributed by atoms with Crippen molar-refractivity contribution in [2.45, 2.75) is 12.6 Å². The van der Waals surface area contributed by atoms with Gasteiger partial charge in [-0.1, -0.05) is 30.3 Å². The molecule has 164 valence electrons. The van der Waals surface area contributed by atoms with E-state index in [1.54, 1.807) is 24.3 Å². The van der Waals surface area contributed by atoms with Crippen LogP contribution in [-0.2, 0) is 6.61 Å². The first-order chi connectivity index (χ1) is 15.6. The zero-order valence-electron chi connectivity index (χ0n) is 18.1. The van der Waals surface area contributed by atoms with Crippen LogP contribution in [0.2, 0.25) is 0 Å². The summed E-state index contributed by atoms with van der Waals surface area (Å²) in [6, 6.07) is 21.0. The Balaban J connectivity index is 1.70. The second-order valence-electron chi connectivity index (χ2n) is 6.79. The molecular weight excluding hydrogens is 408 g/mol. The van der Waals surface area contributed by atoms with Crippen LogP contribution in [0.5, 0.6) is 23.0 Å². The number of methoxy groups -OCH3 is 3. The summed E-state index contributed by atoms with van der Waals surface area (Å²) < 4.78 is 21.7. The van der Waals surface area contributed by atoms with Crippen LogP contribution in [0, 0.1) is 11.3 Å². The number of carbonyl (C=O) groups excluding carboxylic acids is 1. The van der Waals surface area contributed by atoms with Crippen molar-refractivity contribution in [3.8, 4) is 29.1 Å². The Labute approximate surface area is 187 Å². The molecule has 0 fully saturated rings. The zero-order valence-corrected chi connectivity index (χ0v) is 18.1. The predicted molar refractivity (Wildman–Crippen MR) is 119 cm³/mol. The molecule has 0 spiro atoms. The van der Waals surface area contributed by atoms with Crippen molar-refractivity contribution in [2.24, 2.45) is 0 Å². The summed E-state index contributed by atoms with van der Waals surface area (Å²) in [5.41, 5.74) is 1.87. The minimum atomic E-state index is -0.905. The molecule has 7 nitrogen and oxygen atoms in total. The van der Waals surface area contributed by atoms with E-state index < -0.39 is 6.04 Å². The largest absolute Gasteiger partial charge is 0.493 e. The summed E-state index contributed by atoms with van der Waals surface area (Å²) in [6.07, 6.45) is 0. The Morgan fingerprint density at radius 3 is 2.09 bits per heavy atom. The first kappa shape index (κ1) is 22.5. The summed E-state index contributed by atoms with van der Waals surface area (Å²) in [5, 5.41) is 12.4. The standard InChI is InChI=1S/C25H24N2O5/c1-29-22-13-19(14-23(30-2)24(22)31-3)21(15-26)27-25(28)18-11-9-17(10-12-18)16-32-20-7-5-4-6-8-20/h4-14,21H,16H2,1-3H3,(H,27,28). The van der Waals surface area contributed by atoms with Crippen LogP contribution < -0.4 is 24.3 Å². The summed E-state index contributed by atoms with van der Waals surface area (Å²) in [7, 11) is 4.48. The van der Waals surface area contributed by atoms with Crippen LogP contribution in [0.25, 0.3) is 0 Å². The number of nitrogens with zero attached hydrogens (tertiary/aromatic N) is 1. The van der Waals surface area contributed by atoms with Crippen molar-refractivity contribution in [1.82, 2.24) is 5.32 Å². The average molecular weight is 432 g/mol. The van der Waals surface area contributed by atoms with Gasteiger partial charge in [0.25, 0.3) is 5.91 Å². The van der Waals surface area contributed by atoms with Gasteiger partial charge in [-0.3, -0.25) is 4.79 Å². The van der Waals surface area contributed by atoms with E-state index in [2.05, 4.69) is 11.4 Å². The fourth-order valence-corrected chi connectivity index (χ4v) is 3.11. The van der Waals surface area contributed by atoms with Gasteiger partial charge < -0.3 is 24.3 Å². The van der Waals surface area contributed by atoms with Gasteiger partial charge in [-0.05, 0) is 47.5 Å². The van der Waals surface area contributed by atoms with E-state index in [1.165, 1.54) is 21.3 Å². The van der Waals surface area contributed by atoms with E-state index in [0.29, 0.717) is 35.0 Å². The molecule has 0 saturated carbocycles. The van der Waals surface area contributed by atoms with E-state index in [4.69, 9.17) is 18.9 Å². The second-order valence-corrected chi connectivity index (χ2v) is 6.79. The summed E-state index contributed by atoms with van der Waals surface area (Å²) in [4.78, 5) is 12.7. The molecule has 0 saturated heterocycles. The predicted octanol–water partition coefficient (Wildman–Crippen LogP) is 4.29. The summed E-state index contributed by atoms with van der Waals surface area (Å²) >= 11 is 0. The van der Waals surface area contributed by atoms with Gasteiger partial charge in [-0.25, -0.2) is 0 Å². The maximum Gasteiger partial charge on any atom is 0.252 e. The lowest BCUT2D eigenvalue weighted by atomic mass is 10.1. The third-order valence-corrected chi connectivity index (χ3v) is 4.79. The molecule has 7 heteroatoms. The van der Waals surface area contributed by atoms with E-state index in [9.17, 15) is 10.1 Å². The highest BCUT2D eigenvalue weighted by Gasteiger charge is 2.20. The molecule has 3 aromatic carbocycles. The molecule has 0 aliphatic heterocycles. The van der Waals surface area contributed by atoms with Gasteiger partial charge >= 0.3 is 0 Å². The smallest absolute Gasteiger partial charge is 0.252 e. The Kier molecular flexibility index (Phi) is 7.55. The molecule has 3 rings (SSSR count). The topological polar surface area (TPSA) is 89.8 Å². The molecule has 1 amide bonds. The lowest BCUT2D eigenvalue weighted by molar-refractivity contribution is 0.0945. The van der Waals surface area contributed by atoms with Gasteiger partial charge in [-0.2, -0.15) is 5.26 Å². The van der Waals surface area contributed by atoms with Crippen molar-refractivity contribution in [3.05, 3.63) is 83.4 Å². The maximum atomic E-state index is 12.7. The number of para-hydroxylation sites is 1. The van der Waals surface area contributed by atoms with Crippen LogP contribution in [0.1, 0.15) is 27.5 Å². The fourth-order valence-electron chi connectivity index (χ4n) is 3.11. The quantitative estimate of drug-likeness (QED) is 0.543.